The van der Waals surface area contributed by atoms with E-state index in [2.05, 4.69) is 9.38 Å². The molecule has 0 atom stereocenters. The van der Waals surface area contributed by atoms with E-state index in [0.29, 0.717) is 22.3 Å². The van der Waals surface area contributed by atoms with Crippen LogP contribution >= 0.6 is 0 Å². The van der Waals surface area contributed by atoms with Gasteiger partial charge in [0.15, 0.2) is 5.82 Å². The second kappa shape index (κ2) is 12.4. The van der Waals surface area contributed by atoms with Crippen molar-refractivity contribution < 1.29 is 35.9 Å². The number of halogens is 2. The van der Waals surface area contributed by atoms with Crippen molar-refractivity contribution in [3.05, 3.63) is 82.9 Å². The second-order valence-corrected chi connectivity index (χ2v) is 12.9. The van der Waals surface area contributed by atoms with E-state index in [1.54, 1.807) is 19.1 Å². The number of hydrogen-bond donors (Lipinski definition) is 0. The molecule has 0 radical (unpaired) electrons. The standard InChI is InChI=1S/C31H32F2N2O6S/c1-6-19-8-9-21(16-28(36)39-7-2)26(14-19)40-18-20-12-22-15-27(32)41-30(22)24(13-20)23-10-11-34-25(29(23)33)17-35-42(37,38)31(3,4)5/h8-15,17H,6-7,16,18H2,1-5H3. The van der Waals surface area contributed by atoms with Gasteiger partial charge in [-0.15, -0.1) is 0 Å². The number of hydrogen-bond acceptors (Lipinski definition) is 7. The van der Waals surface area contributed by atoms with Gasteiger partial charge in [0.05, 0.1) is 24.0 Å². The number of rotatable bonds is 10. The van der Waals surface area contributed by atoms with Gasteiger partial charge >= 0.3 is 5.97 Å². The molecule has 11 heteroatoms. The van der Waals surface area contributed by atoms with E-state index in [9.17, 15) is 17.6 Å². The third-order valence-corrected chi connectivity index (χ3v) is 8.44. The number of furan rings is 1. The number of fused-ring (bicyclic) bond motifs is 1. The van der Waals surface area contributed by atoms with Gasteiger partial charge in [0.1, 0.15) is 23.6 Å². The highest BCUT2D eigenvalue weighted by Crippen LogP contribution is 2.35. The number of carbonyl (C=O) groups excluding carboxylic acids is 1. The molecule has 222 valence electrons. The first-order chi connectivity index (χ1) is 19.8. The van der Waals surface area contributed by atoms with Crippen LogP contribution in [0.1, 0.15) is 57.0 Å². The summed E-state index contributed by atoms with van der Waals surface area (Å²) in [5.74, 6) is -0.739. The van der Waals surface area contributed by atoms with Crippen LogP contribution in [-0.2, 0) is 39.0 Å². The fourth-order valence-corrected chi connectivity index (χ4v) is 4.69. The summed E-state index contributed by atoms with van der Waals surface area (Å²) in [6.45, 7) is 8.45. The molecule has 8 nitrogen and oxygen atoms in total. The van der Waals surface area contributed by atoms with E-state index in [0.717, 1.165) is 18.2 Å². The fourth-order valence-electron chi connectivity index (χ4n) is 4.13. The first kappa shape index (κ1) is 30.8. The van der Waals surface area contributed by atoms with Crippen LogP contribution in [0.25, 0.3) is 22.1 Å². The zero-order chi connectivity index (χ0) is 30.7. The van der Waals surface area contributed by atoms with Crippen LogP contribution < -0.4 is 4.74 Å². The van der Waals surface area contributed by atoms with Gasteiger partial charge in [0, 0.05) is 34.3 Å². The molecule has 0 aliphatic heterocycles. The summed E-state index contributed by atoms with van der Waals surface area (Å²) in [5.41, 5.74) is 2.26. The summed E-state index contributed by atoms with van der Waals surface area (Å²) >= 11 is 0. The van der Waals surface area contributed by atoms with Gasteiger partial charge < -0.3 is 13.9 Å². The van der Waals surface area contributed by atoms with Crippen molar-refractivity contribution in [1.29, 1.82) is 0 Å². The lowest BCUT2D eigenvalue weighted by atomic mass is 10.00. The molecule has 0 fully saturated rings. The van der Waals surface area contributed by atoms with Crippen LogP contribution in [0.5, 0.6) is 5.75 Å². The van der Waals surface area contributed by atoms with Crippen molar-refractivity contribution >= 4 is 33.2 Å². The minimum Gasteiger partial charge on any atom is -0.489 e. The van der Waals surface area contributed by atoms with Crippen molar-refractivity contribution in [2.45, 2.75) is 58.8 Å². The average molecular weight is 599 g/mol. The molecule has 0 bridgehead atoms. The highest BCUT2D eigenvalue weighted by molar-refractivity contribution is 7.91. The van der Waals surface area contributed by atoms with Crippen molar-refractivity contribution in [2.24, 2.45) is 4.40 Å². The van der Waals surface area contributed by atoms with E-state index in [1.165, 1.54) is 39.1 Å². The molecule has 4 aromatic rings. The van der Waals surface area contributed by atoms with Crippen LogP contribution in [0.15, 0.2) is 57.5 Å². The predicted molar refractivity (Wildman–Crippen MR) is 156 cm³/mol. The van der Waals surface area contributed by atoms with Crippen molar-refractivity contribution in [3.8, 4) is 16.9 Å². The monoisotopic (exact) mass is 598 g/mol. The largest absolute Gasteiger partial charge is 0.489 e. The molecule has 0 spiro atoms. The molecule has 0 aliphatic carbocycles. The SMILES string of the molecule is CCOC(=O)Cc1ccc(CC)cc1OCc1cc(-c2ccnc(C=NS(=O)(=O)C(C)(C)C)c2F)c2oc(F)cc2c1. The number of aromatic nitrogens is 1. The number of pyridine rings is 1. The quantitative estimate of drug-likeness (QED) is 0.150. The van der Waals surface area contributed by atoms with E-state index in [-0.39, 0.29) is 48.0 Å². The maximum atomic E-state index is 15.7. The van der Waals surface area contributed by atoms with Gasteiger partial charge in [-0.3, -0.25) is 9.78 Å². The highest BCUT2D eigenvalue weighted by Gasteiger charge is 2.28. The summed E-state index contributed by atoms with van der Waals surface area (Å²) < 4.78 is 73.7. The number of esters is 1. The highest BCUT2D eigenvalue weighted by atomic mass is 32.2. The van der Waals surface area contributed by atoms with E-state index in [4.69, 9.17) is 13.9 Å². The zero-order valence-corrected chi connectivity index (χ0v) is 24.8. The summed E-state index contributed by atoms with van der Waals surface area (Å²) in [4.78, 5) is 16.1. The summed E-state index contributed by atoms with van der Waals surface area (Å²) in [7, 11) is -3.93. The average Bonchev–Trinajstić information content (AvgIpc) is 3.31. The number of ether oxygens (including phenoxy) is 2. The first-order valence-electron chi connectivity index (χ1n) is 13.4. The smallest absolute Gasteiger partial charge is 0.310 e. The maximum absolute atomic E-state index is 15.7. The minimum atomic E-state index is -3.93. The lowest BCUT2D eigenvalue weighted by Gasteiger charge is -2.15. The van der Waals surface area contributed by atoms with Gasteiger partial charge in [-0.2, -0.15) is 8.79 Å². The number of benzene rings is 2. The maximum Gasteiger partial charge on any atom is 0.310 e. The third-order valence-electron chi connectivity index (χ3n) is 6.51. The second-order valence-electron chi connectivity index (χ2n) is 10.6. The van der Waals surface area contributed by atoms with E-state index in [1.807, 2.05) is 25.1 Å². The zero-order valence-electron chi connectivity index (χ0n) is 24.0. The molecule has 2 aromatic heterocycles. The molecule has 4 rings (SSSR count). The molecule has 0 saturated heterocycles. The molecule has 42 heavy (non-hydrogen) atoms. The van der Waals surface area contributed by atoms with Crippen molar-refractivity contribution in [2.75, 3.05) is 6.61 Å². The molecule has 0 saturated carbocycles. The van der Waals surface area contributed by atoms with Gasteiger partial charge in [-0.25, -0.2) is 12.8 Å². The van der Waals surface area contributed by atoms with Crippen molar-refractivity contribution in [3.63, 3.8) is 0 Å². The molecule has 0 aliphatic rings. The molecular weight excluding hydrogens is 566 g/mol. The van der Waals surface area contributed by atoms with Crippen LogP contribution in [0.4, 0.5) is 8.78 Å². The molecule has 2 heterocycles. The Morgan fingerprint density at radius 3 is 2.50 bits per heavy atom. The van der Waals surface area contributed by atoms with Crippen molar-refractivity contribution in [1.82, 2.24) is 4.98 Å². The molecule has 0 N–H and O–H groups in total. The van der Waals surface area contributed by atoms with Crippen LogP contribution in [0, 0.1) is 11.8 Å². The Hall–Kier alpha value is -4.12. The molecule has 0 unspecified atom stereocenters. The predicted octanol–water partition coefficient (Wildman–Crippen LogP) is 6.57. The number of carbonyl (C=O) groups is 1. The van der Waals surface area contributed by atoms with Crippen LogP contribution in [0.3, 0.4) is 0 Å². The topological polar surface area (TPSA) is 108 Å². The minimum absolute atomic E-state index is 0.0109. The summed E-state index contributed by atoms with van der Waals surface area (Å²) in [6, 6.07) is 10.6. The Kier molecular flexibility index (Phi) is 9.10. The first-order valence-corrected chi connectivity index (χ1v) is 14.8. The van der Waals surface area contributed by atoms with E-state index < -0.39 is 26.6 Å². The molecule has 2 aromatic carbocycles. The Balaban J connectivity index is 1.72. The Labute approximate surface area is 243 Å². The van der Waals surface area contributed by atoms with Gasteiger partial charge in [0.25, 0.3) is 16.0 Å². The third kappa shape index (κ3) is 6.84. The Bertz CT molecular complexity index is 1760. The number of aryl methyl sites for hydroxylation is 1. The summed E-state index contributed by atoms with van der Waals surface area (Å²) in [6.07, 6.45) is 2.94. The normalized spacial score (nSPS) is 12.3. The van der Waals surface area contributed by atoms with Gasteiger partial charge in [-0.1, -0.05) is 19.1 Å². The number of sulfonamides is 1. The van der Waals surface area contributed by atoms with E-state index >= 15 is 4.39 Å². The van der Waals surface area contributed by atoms with Gasteiger partial charge in [-0.05, 0) is 69.5 Å². The summed E-state index contributed by atoms with van der Waals surface area (Å²) in [5, 5.41) is 0.374. The number of nitrogens with zero attached hydrogens (tertiary/aromatic N) is 2. The van der Waals surface area contributed by atoms with Crippen LogP contribution in [0.2, 0.25) is 0 Å². The molecule has 0 amide bonds. The fraction of sp³-hybridized carbons (Fsp3) is 0.323. The van der Waals surface area contributed by atoms with Gasteiger partial charge in [0.2, 0.25) is 0 Å². The lowest BCUT2D eigenvalue weighted by molar-refractivity contribution is -0.142. The Morgan fingerprint density at radius 1 is 1.05 bits per heavy atom. The molecular formula is C31H32F2N2O6S. The Morgan fingerprint density at radius 2 is 1.81 bits per heavy atom. The van der Waals surface area contributed by atoms with Crippen LogP contribution in [-0.4, -0.2) is 36.9 Å². The lowest BCUT2D eigenvalue weighted by Crippen LogP contribution is -2.25.